The number of carbonyl (C=O) groups excluding carboxylic acids is 3. The van der Waals surface area contributed by atoms with Gasteiger partial charge in [-0.05, 0) is 49.1 Å². The standard InChI is InChI=1S/C25H29N3O3/c1-2-18-7-6-10-22(15-18)28-17-20(16-23(28)29)25(31)27-13-11-21(12-14-27)26-24(30)19-8-4-3-5-9-19/h3-10,15,20-21H,2,11-14,16-17H2,1H3,(H,26,30)/t20-/m0/s1. The molecular formula is C25H29N3O3. The van der Waals surface area contributed by atoms with E-state index in [4.69, 9.17) is 0 Å². The fourth-order valence-corrected chi connectivity index (χ4v) is 4.43. The van der Waals surface area contributed by atoms with Gasteiger partial charge in [0.25, 0.3) is 5.91 Å². The minimum atomic E-state index is -0.298. The monoisotopic (exact) mass is 419 g/mol. The number of amides is 3. The Balaban J connectivity index is 1.30. The second kappa shape index (κ2) is 9.33. The second-order valence-corrected chi connectivity index (χ2v) is 8.37. The quantitative estimate of drug-likeness (QED) is 0.810. The molecule has 2 fully saturated rings. The molecule has 0 spiro atoms. The van der Waals surface area contributed by atoms with E-state index in [2.05, 4.69) is 12.2 Å². The number of likely N-dealkylation sites (tertiary alicyclic amines) is 1. The van der Waals surface area contributed by atoms with Gasteiger partial charge >= 0.3 is 0 Å². The lowest BCUT2D eigenvalue weighted by atomic mass is 10.0. The van der Waals surface area contributed by atoms with Crippen molar-refractivity contribution in [2.75, 3.05) is 24.5 Å². The van der Waals surface area contributed by atoms with E-state index in [9.17, 15) is 14.4 Å². The molecule has 0 aliphatic carbocycles. The summed E-state index contributed by atoms with van der Waals surface area (Å²) in [5.74, 6) is -0.308. The van der Waals surface area contributed by atoms with Gasteiger partial charge in [-0.3, -0.25) is 14.4 Å². The first kappa shape index (κ1) is 21.1. The molecule has 1 atom stereocenters. The summed E-state index contributed by atoms with van der Waals surface area (Å²) in [5.41, 5.74) is 2.71. The van der Waals surface area contributed by atoms with Crippen LogP contribution in [0.15, 0.2) is 54.6 Å². The largest absolute Gasteiger partial charge is 0.349 e. The van der Waals surface area contributed by atoms with Gasteiger partial charge in [0.15, 0.2) is 0 Å². The Morgan fingerprint density at radius 2 is 1.77 bits per heavy atom. The molecule has 2 aromatic rings. The van der Waals surface area contributed by atoms with Crippen LogP contribution in [0.2, 0.25) is 0 Å². The summed E-state index contributed by atoms with van der Waals surface area (Å²) in [6.07, 6.45) is 2.63. The Kier molecular flexibility index (Phi) is 6.35. The van der Waals surface area contributed by atoms with E-state index in [1.165, 1.54) is 5.56 Å². The van der Waals surface area contributed by atoms with Gasteiger partial charge in [0.1, 0.15) is 0 Å². The van der Waals surface area contributed by atoms with Gasteiger partial charge in [-0.2, -0.15) is 0 Å². The van der Waals surface area contributed by atoms with E-state index in [0.717, 1.165) is 24.9 Å². The lowest BCUT2D eigenvalue weighted by Gasteiger charge is -2.33. The van der Waals surface area contributed by atoms with E-state index < -0.39 is 0 Å². The molecule has 2 heterocycles. The summed E-state index contributed by atoms with van der Waals surface area (Å²) < 4.78 is 0. The zero-order valence-corrected chi connectivity index (χ0v) is 17.9. The third kappa shape index (κ3) is 4.79. The van der Waals surface area contributed by atoms with Crippen LogP contribution in [0.4, 0.5) is 5.69 Å². The molecule has 0 aromatic heterocycles. The van der Waals surface area contributed by atoms with Crippen molar-refractivity contribution in [1.82, 2.24) is 10.2 Å². The van der Waals surface area contributed by atoms with Crippen LogP contribution >= 0.6 is 0 Å². The predicted molar refractivity (Wildman–Crippen MR) is 120 cm³/mol. The Bertz CT molecular complexity index is 951. The van der Waals surface area contributed by atoms with E-state index in [-0.39, 0.29) is 36.1 Å². The molecule has 6 nitrogen and oxygen atoms in total. The Morgan fingerprint density at radius 3 is 2.48 bits per heavy atom. The van der Waals surface area contributed by atoms with Crippen LogP contribution in [0.5, 0.6) is 0 Å². The van der Waals surface area contributed by atoms with Crippen LogP contribution in [0.25, 0.3) is 0 Å². The highest BCUT2D eigenvalue weighted by molar-refractivity contribution is 6.00. The van der Waals surface area contributed by atoms with Gasteiger partial charge in [0.05, 0.1) is 5.92 Å². The first-order chi connectivity index (χ1) is 15.0. The summed E-state index contributed by atoms with van der Waals surface area (Å²) in [4.78, 5) is 41.6. The third-order valence-electron chi connectivity index (χ3n) is 6.28. The zero-order valence-electron chi connectivity index (χ0n) is 17.9. The van der Waals surface area contributed by atoms with Crippen molar-refractivity contribution in [3.05, 3.63) is 65.7 Å². The number of nitrogens with zero attached hydrogens (tertiary/aromatic N) is 2. The lowest BCUT2D eigenvalue weighted by Crippen LogP contribution is -2.48. The topological polar surface area (TPSA) is 69.7 Å². The molecule has 31 heavy (non-hydrogen) atoms. The minimum Gasteiger partial charge on any atom is -0.349 e. The van der Waals surface area contributed by atoms with Crippen molar-refractivity contribution < 1.29 is 14.4 Å². The maximum absolute atomic E-state index is 13.1. The van der Waals surface area contributed by atoms with Crippen LogP contribution in [0.1, 0.15) is 42.1 Å². The van der Waals surface area contributed by atoms with E-state index in [0.29, 0.717) is 25.2 Å². The molecule has 0 radical (unpaired) electrons. The van der Waals surface area contributed by atoms with Crippen molar-refractivity contribution in [1.29, 1.82) is 0 Å². The van der Waals surface area contributed by atoms with Gasteiger partial charge in [-0.25, -0.2) is 0 Å². The Labute approximate surface area is 183 Å². The molecule has 162 valence electrons. The predicted octanol–water partition coefficient (Wildman–Crippen LogP) is 3.02. The third-order valence-corrected chi connectivity index (χ3v) is 6.28. The number of hydrogen-bond donors (Lipinski definition) is 1. The number of carbonyl (C=O) groups is 3. The number of piperidine rings is 1. The molecule has 6 heteroatoms. The van der Waals surface area contributed by atoms with Gasteiger partial charge < -0.3 is 15.1 Å². The average Bonchev–Trinajstić information content (AvgIpc) is 3.21. The molecule has 1 N–H and O–H groups in total. The van der Waals surface area contributed by atoms with Gasteiger partial charge in [-0.15, -0.1) is 0 Å². The second-order valence-electron chi connectivity index (χ2n) is 8.37. The van der Waals surface area contributed by atoms with E-state index in [1.807, 2.05) is 47.4 Å². The summed E-state index contributed by atoms with van der Waals surface area (Å²) in [7, 11) is 0. The maximum atomic E-state index is 13.1. The molecule has 2 aliphatic rings. The average molecular weight is 420 g/mol. The Hall–Kier alpha value is -3.15. The fourth-order valence-electron chi connectivity index (χ4n) is 4.43. The highest BCUT2D eigenvalue weighted by Crippen LogP contribution is 2.28. The van der Waals surface area contributed by atoms with E-state index >= 15 is 0 Å². The number of benzene rings is 2. The van der Waals surface area contributed by atoms with Crippen molar-refractivity contribution in [2.45, 2.75) is 38.6 Å². The molecule has 4 rings (SSSR count). The van der Waals surface area contributed by atoms with Crippen molar-refractivity contribution >= 4 is 23.4 Å². The van der Waals surface area contributed by atoms with Crippen molar-refractivity contribution in [2.24, 2.45) is 5.92 Å². The van der Waals surface area contributed by atoms with Crippen LogP contribution in [-0.2, 0) is 16.0 Å². The highest BCUT2D eigenvalue weighted by Gasteiger charge is 2.38. The van der Waals surface area contributed by atoms with Crippen molar-refractivity contribution in [3.8, 4) is 0 Å². The number of rotatable bonds is 5. The SMILES string of the molecule is CCc1cccc(N2C[C@@H](C(=O)N3CCC(NC(=O)c4ccccc4)CC3)CC2=O)c1. The normalized spacial score (nSPS) is 19.5. The van der Waals surface area contributed by atoms with Gasteiger partial charge in [0.2, 0.25) is 11.8 Å². The smallest absolute Gasteiger partial charge is 0.251 e. The molecular weight excluding hydrogens is 390 g/mol. The first-order valence-corrected chi connectivity index (χ1v) is 11.1. The Morgan fingerprint density at radius 1 is 1.03 bits per heavy atom. The minimum absolute atomic E-state index is 0.0108. The van der Waals surface area contributed by atoms with Crippen LogP contribution in [0.3, 0.4) is 0 Å². The first-order valence-electron chi connectivity index (χ1n) is 11.1. The molecule has 2 saturated heterocycles. The summed E-state index contributed by atoms with van der Waals surface area (Å²) in [6.45, 7) is 3.74. The summed E-state index contributed by atoms with van der Waals surface area (Å²) in [5, 5.41) is 3.07. The molecule has 3 amide bonds. The molecule has 2 aliphatic heterocycles. The highest BCUT2D eigenvalue weighted by atomic mass is 16.2. The van der Waals surface area contributed by atoms with Crippen molar-refractivity contribution in [3.63, 3.8) is 0 Å². The molecule has 0 unspecified atom stereocenters. The maximum Gasteiger partial charge on any atom is 0.251 e. The van der Waals surface area contributed by atoms with E-state index in [1.54, 1.807) is 17.0 Å². The number of aryl methyl sites for hydroxylation is 1. The summed E-state index contributed by atoms with van der Waals surface area (Å²) >= 11 is 0. The number of anilines is 1. The molecule has 2 aromatic carbocycles. The summed E-state index contributed by atoms with van der Waals surface area (Å²) in [6, 6.07) is 17.2. The molecule has 0 saturated carbocycles. The van der Waals surface area contributed by atoms with Crippen LogP contribution in [0, 0.1) is 5.92 Å². The van der Waals surface area contributed by atoms with Gasteiger partial charge in [0, 0.05) is 43.3 Å². The van der Waals surface area contributed by atoms with Crippen LogP contribution < -0.4 is 10.2 Å². The van der Waals surface area contributed by atoms with Gasteiger partial charge in [-0.1, -0.05) is 37.3 Å². The fraction of sp³-hybridized carbons (Fsp3) is 0.400. The number of hydrogen-bond acceptors (Lipinski definition) is 3. The van der Waals surface area contributed by atoms with Crippen LogP contribution in [-0.4, -0.2) is 48.3 Å². The number of nitrogens with one attached hydrogen (secondary N) is 1. The lowest BCUT2D eigenvalue weighted by molar-refractivity contribution is -0.136. The zero-order chi connectivity index (χ0) is 21.8. The molecule has 0 bridgehead atoms.